The zero-order chi connectivity index (χ0) is 21.5. The van der Waals surface area contributed by atoms with E-state index in [4.69, 9.17) is 9.47 Å². The minimum absolute atomic E-state index is 0.0598. The van der Waals surface area contributed by atoms with Crippen LogP contribution < -0.4 is 0 Å². The van der Waals surface area contributed by atoms with Crippen molar-refractivity contribution in [3.63, 3.8) is 0 Å². The number of hydrogen-bond acceptors (Lipinski definition) is 4. The molecule has 0 spiro atoms. The first-order chi connectivity index (χ1) is 14.5. The Labute approximate surface area is 177 Å². The van der Waals surface area contributed by atoms with Gasteiger partial charge in [0.2, 0.25) is 0 Å². The Balaban J connectivity index is 1.62. The maximum atomic E-state index is 12.6. The van der Waals surface area contributed by atoms with Crippen molar-refractivity contribution in [1.29, 1.82) is 0 Å². The van der Waals surface area contributed by atoms with Crippen LogP contribution >= 0.6 is 0 Å². The van der Waals surface area contributed by atoms with E-state index in [2.05, 4.69) is 19.1 Å². The SMILES string of the molecule is CCCCOCC[C@@H](C(=O)O)N(C)C(=O)OCC1c2ccccc2-c2ccccc21. The summed E-state index contributed by atoms with van der Waals surface area (Å²) in [6.07, 6.45) is 1.53. The molecule has 6 heteroatoms. The fourth-order valence-corrected chi connectivity index (χ4v) is 3.85. The molecule has 2 aromatic rings. The van der Waals surface area contributed by atoms with E-state index in [1.54, 1.807) is 0 Å². The normalized spacial score (nSPS) is 13.4. The fraction of sp³-hybridized carbons (Fsp3) is 0.417. The van der Waals surface area contributed by atoms with Gasteiger partial charge in [0.05, 0.1) is 0 Å². The molecular formula is C24H29NO5. The number of nitrogens with zero attached hydrogens (tertiary/aromatic N) is 1. The number of carbonyl (C=O) groups excluding carboxylic acids is 1. The maximum absolute atomic E-state index is 12.6. The van der Waals surface area contributed by atoms with E-state index in [-0.39, 0.29) is 25.6 Å². The van der Waals surface area contributed by atoms with Crippen molar-refractivity contribution in [3.05, 3.63) is 59.7 Å². The van der Waals surface area contributed by atoms with E-state index in [0.717, 1.165) is 40.0 Å². The van der Waals surface area contributed by atoms with Crippen molar-refractivity contribution in [2.45, 2.75) is 38.1 Å². The zero-order valence-corrected chi connectivity index (χ0v) is 17.5. The van der Waals surface area contributed by atoms with Crippen molar-refractivity contribution in [1.82, 2.24) is 4.90 Å². The Bertz CT molecular complexity index is 836. The summed E-state index contributed by atoms with van der Waals surface area (Å²) in [5.74, 6) is -1.12. The highest BCUT2D eigenvalue weighted by Gasteiger charge is 2.31. The average molecular weight is 411 g/mol. The standard InChI is InChI=1S/C24H29NO5/c1-3-4-14-29-15-13-22(23(26)27)25(2)24(28)30-16-21-19-11-7-5-9-17(19)18-10-6-8-12-20(18)21/h5-12,21-22H,3-4,13-16H2,1-2H3,(H,26,27)/t22-/m0/s1. The van der Waals surface area contributed by atoms with Crippen molar-refractivity contribution in [2.24, 2.45) is 0 Å². The molecule has 1 N–H and O–H groups in total. The number of carboxylic acids is 1. The lowest BCUT2D eigenvalue weighted by Crippen LogP contribution is -2.43. The Kier molecular flexibility index (Phi) is 7.46. The molecule has 30 heavy (non-hydrogen) atoms. The van der Waals surface area contributed by atoms with Crippen LogP contribution in [0.25, 0.3) is 11.1 Å². The summed E-state index contributed by atoms with van der Waals surface area (Å²) in [4.78, 5) is 25.4. The number of ether oxygens (including phenoxy) is 2. The summed E-state index contributed by atoms with van der Waals surface area (Å²) in [5.41, 5.74) is 4.53. The van der Waals surface area contributed by atoms with Crippen LogP contribution in [0.2, 0.25) is 0 Å². The molecule has 0 bridgehead atoms. The molecule has 0 saturated carbocycles. The van der Waals surface area contributed by atoms with E-state index >= 15 is 0 Å². The number of hydrogen-bond donors (Lipinski definition) is 1. The van der Waals surface area contributed by atoms with Gasteiger partial charge in [0.25, 0.3) is 0 Å². The van der Waals surface area contributed by atoms with Crippen LogP contribution in [0.1, 0.15) is 43.2 Å². The first-order valence-electron chi connectivity index (χ1n) is 10.4. The van der Waals surface area contributed by atoms with E-state index < -0.39 is 18.1 Å². The molecule has 1 aliphatic carbocycles. The number of likely N-dealkylation sites (N-methyl/N-ethyl adjacent to an activating group) is 1. The average Bonchev–Trinajstić information content (AvgIpc) is 3.07. The Hall–Kier alpha value is -2.86. The summed E-state index contributed by atoms with van der Waals surface area (Å²) in [5, 5.41) is 9.53. The highest BCUT2D eigenvalue weighted by atomic mass is 16.6. The largest absolute Gasteiger partial charge is 0.480 e. The quantitative estimate of drug-likeness (QED) is 0.582. The third kappa shape index (κ3) is 4.82. The molecule has 3 rings (SSSR count). The first kappa shape index (κ1) is 21.8. The number of aliphatic carboxylic acids is 1. The summed E-state index contributed by atoms with van der Waals surface area (Å²) < 4.78 is 11.0. The summed E-state index contributed by atoms with van der Waals surface area (Å²) in [6.45, 7) is 3.11. The Morgan fingerprint density at radius 3 is 2.20 bits per heavy atom. The minimum Gasteiger partial charge on any atom is -0.480 e. The first-order valence-corrected chi connectivity index (χ1v) is 10.4. The number of benzene rings is 2. The van der Waals surface area contributed by atoms with Crippen molar-refractivity contribution >= 4 is 12.1 Å². The summed E-state index contributed by atoms with van der Waals surface area (Å²) >= 11 is 0. The van der Waals surface area contributed by atoms with Crippen molar-refractivity contribution in [3.8, 4) is 11.1 Å². The maximum Gasteiger partial charge on any atom is 0.410 e. The molecule has 1 atom stereocenters. The van der Waals surface area contributed by atoms with Gasteiger partial charge in [-0.1, -0.05) is 61.9 Å². The van der Waals surface area contributed by atoms with Crippen LogP contribution in [0.3, 0.4) is 0 Å². The van der Waals surface area contributed by atoms with Crippen molar-refractivity contribution < 1.29 is 24.2 Å². The lowest BCUT2D eigenvalue weighted by Gasteiger charge is -2.25. The van der Waals surface area contributed by atoms with Crippen LogP contribution in [0, 0.1) is 0 Å². The number of unbranched alkanes of at least 4 members (excludes halogenated alkanes) is 1. The van der Waals surface area contributed by atoms with Gasteiger partial charge in [-0.15, -0.1) is 0 Å². The van der Waals surface area contributed by atoms with Gasteiger partial charge in [-0.05, 0) is 28.7 Å². The predicted molar refractivity (Wildman–Crippen MR) is 115 cm³/mol. The zero-order valence-electron chi connectivity index (χ0n) is 17.5. The van der Waals surface area contributed by atoms with E-state index in [1.165, 1.54) is 7.05 Å². The van der Waals surface area contributed by atoms with Gasteiger partial charge in [-0.25, -0.2) is 9.59 Å². The number of carboxylic acid groups (broad SMARTS) is 1. The Morgan fingerprint density at radius 1 is 1.03 bits per heavy atom. The molecule has 0 saturated heterocycles. The Morgan fingerprint density at radius 2 is 1.63 bits per heavy atom. The predicted octanol–water partition coefficient (Wildman–Crippen LogP) is 4.53. The van der Waals surface area contributed by atoms with Gasteiger partial charge in [-0.3, -0.25) is 4.90 Å². The molecule has 160 valence electrons. The third-order valence-electron chi connectivity index (χ3n) is 5.55. The fourth-order valence-electron chi connectivity index (χ4n) is 3.85. The topological polar surface area (TPSA) is 76.1 Å². The minimum atomic E-state index is -1.06. The molecule has 0 heterocycles. The van der Waals surface area contributed by atoms with Gasteiger partial charge in [0.15, 0.2) is 0 Å². The smallest absolute Gasteiger partial charge is 0.410 e. The molecule has 1 aliphatic rings. The highest BCUT2D eigenvalue weighted by molar-refractivity contribution is 5.81. The van der Waals surface area contributed by atoms with Gasteiger partial charge in [-0.2, -0.15) is 0 Å². The molecule has 0 fully saturated rings. The lowest BCUT2D eigenvalue weighted by molar-refractivity contribution is -0.143. The van der Waals surface area contributed by atoms with Gasteiger partial charge in [0, 0.05) is 32.6 Å². The lowest BCUT2D eigenvalue weighted by atomic mass is 9.98. The highest BCUT2D eigenvalue weighted by Crippen LogP contribution is 2.44. The van der Waals surface area contributed by atoms with Crippen LogP contribution in [-0.2, 0) is 14.3 Å². The second-order valence-electron chi connectivity index (χ2n) is 7.52. The summed E-state index contributed by atoms with van der Waals surface area (Å²) in [7, 11) is 1.46. The van der Waals surface area contributed by atoms with Gasteiger partial charge < -0.3 is 14.6 Å². The molecule has 0 unspecified atom stereocenters. The number of fused-ring (bicyclic) bond motifs is 3. The van der Waals surface area contributed by atoms with Gasteiger partial charge >= 0.3 is 12.1 Å². The molecule has 0 radical (unpaired) electrons. The van der Waals surface area contributed by atoms with E-state index in [0.29, 0.717) is 6.61 Å². The molecular weight excluding hydrogens is 382 g/mol. The molecule has 2 aromatic carbocycles. The molecule has 0 aromatic heterocycles. The number of rotatable bonds is 10. The summed E-state index contributed by atoms with van der Waals surface area (Å²) in [6, 6.07) is 15.2. The van der Waals surface area contributed by atoms with E-state index in [1.807, 2.05) is 36.4 Å². The van der Waals surface area contributed by atoms with Crippen LogP contribution in [0.15, 0.2) is 48.5 Å². The van der Waals surface area contributed by atoms with Crippen LogP contribution in [-0.4, -0.2) is 55.0 Å². The number of carbonyl (C=O) groups is 2. The monoisotopic (exact) mass is 411 g/mol. The molecule has 6 nitrogen and oxygen atoms in total. The van der Waals surface area contributed by atoms with E-state index in [9.17, 15) is 14.7 Å². The van der Waals surface area contributed by atoms with Crippen LogP contribution in [0.4, 0.5) is 4.79 Å². The second-order valence-corrected chi connectivity index (χ2v) is 7.52. The third-order valence-corrected chi connectivity index (χ3v) is 5.55. The van der Waals surface area contributed by atoms with Crippen LogP contribution in [0.5, 0.6) is 0 Å². The van der Waals surface area contributed by atoms with Crippen molar-refractivity contribution in [2.75, 3.05) is 26.9 Å². The van der Waals surface area contributed by atoms with Gasteiger partial charge in [0.1, 0.15) is 12.6 Å². The number of amides is 1. The second kappa shape index (κ2) is 10.3. The molecule has 0 aliphatic heterocycles. The molecule has 1 amide bonds.